The molecule has 1 radical (unpaired) electrons. The van der Waals surface area contributed by atoms with Gasteiger partial charge < -0.3 is 24.9 Å². The molecule has 4 heterocycles. The van der Waals surface area contributed by atoms with Crippen LogP contribution in [0.3, 0.4) is 0 Å². The number of H-pyrrole nitrogens is 2. The number of esters is 2. The van der Waals surface area contributed by atoms with Crippen LogP contribution >= 0.6 is 37.2 Å². The van der Waals surface area contributed by atoms with Crippen LogP contribution in [-0.4, -0.2) is 45.8 Å². The standard InChI is InChI=1S/C20H20N2O.C18H18N2.C4H6O3.2C2H6.I3.V/c1-13-8-9-18-17(12-13)16-10-11-22(14(2)23)20(19(16)21-18)15-6-4-3-5-7-15;1-12-7-8-16-15(11-12)14-9-10-19-17(18(14)20-16)13-5-3-2-4-6-13;1-3(5)7-4(2)6;2*1-2;1-3-2;/h3-9,12,20-21H,10-11H2,1-2H3;2-8,11,17,19-20H,9-10H2,1H3;1-2H3;2*1-2H3;;/q;;;;;-1;. The second-order valence-corrected chi connectivity index (χ2v) is 29.3. The molecule has 4 aromatic carbocycles. The monoisotopic (exact) mass is 1160 g/mol. The van der Waals surface area contributed by atoms with Gasteiger partial charge in [0.05, 0.1) is 12.1 Å². The quantitative estimate of drug-likeness (QED) is 0.0916. The summed E-state index contributed by atoms with van der Waals surface area (Å²) in [6.45, 7) is 18.1. The van der Waals surface area contributed by atoms with Crippen molar-refractivity contribution in [2.45, 2.75) is 87.2 Å². The molecule has 1 amide bonds. The largest absolute Gasteiger partial charge is 0 e. The molecule has 0 saturated heterocycles. The van der Waals surface area contributed by atoms with Gasteiger partial charge in [0.2, 0.25) is 5.91 Å². The number of aryl methyl sites for hydroxylation is 2. The van der Waals surface area contributed by atoms with Crippen LogP contribution in [0, 0.1) is 13.8 Å². The van der Waals surface area contributed by atoms with Gasteiger partial charge in [0.1, 0.15) is 0 Å². The van der Waals surface area contributed by atoms with Crippen molar-refractivity contribution >= 4 is 76.9 Å². The maximum absolute atomic E-state index is 12.2. The molecule has 3 N–H and O–H groups in total. The Kier molecular flexibility index (Phi) is 23.5. The summed E-state index contributed by atoms with van der Waals surface area (Å²) in [5.41, 5.74) is 12.8. The summed E-state index contributed by atoms with van der Waals surface area (Å²) < 4.78 is 3.97. The van der Waals surface area contributed by atoms with E-state index in [4.69, 9.17) is 0 Å². The number of ether oxygens (including phenoxy) is 1. The van der Waals surface area contributed by atoms with E-state index in [0.717, 1.165) is 37.0 Å². The number of carbonyl (C=O) groups excluding carboxylic acids is 3. The van der Waals surface area contributed by atoms with E-state index < -0.39 is 11.9 Å². The van der Waals surface area contributed by atoms with Gasteiger partial charge in [0, 0.05) is 85.6 Å². The Labute approximate surface area is 386 Å². The van der Waals surface area contributed by atoms with E-state index in [9.17, 15) is 14.4 Å². The molecular weight excluding hydrogens is 1100 g/mol. The van der Waals surface area contributed by atoms with Gasteiger partial charge in [0.25, 0.3) is 0 Å². The van der Waals surface area contributed by atoms with Crippen molar-refractivity contribution in [1.82, 2.24) is 20.2 Å². The van der Waals surface area contributed by atoms with Gasteiger partial charge in [-0.05, 0) is 73.2 Å². The molecule has 2 aromatic heterocycles. The van der Waals surface area contributed by atoms with Crippen molar-refractivity contribution < 1.29 is 50.9 Å². The Bertz CT molecular complexity index is 2180. The van der Waals surface area contributed by atoms with Crippen molar-refractivity contribution in [2.75, 3.05) is 13.1 Å². The molecule has 2 aliphatic heterocycles. The Hall–Kier alpha value is -2.70. The van der Waals surface area contributed by atoms with Gasteiger partial charge in [-0.1, -0.05) is 112 Å². The summed E-state index contributed by atoms with van der Waals surface area (Å²) in [6.07, 6.45) is 2.00. The van der Waals surface area contributed by atoms with Crippen LogP contribution < -0.4 is 18.6 Å². The zero-order chi connectivity index (χ0) is 42.1. The molecule has 0 bridgehead atoms. The zero-order valence-electron chi connectivity index (χ0n) is 34.9. The van der Waals surface area contributed by atoms with E-state index in [-0.39, 0.29) is 36.5 Å². The number of nitrogens with zero attached hydrogens (tertiary/aromatic N) is 1. The second kappa shape index (κ2) is 26.5. The molecule has 2 unspecified atom stereocenters. The number of aromatic nitrogens is 2. The minimum atomic E-state index is -0.562. The van der Waals surface area contributed by atoms with Crippen molar-refractivity contribution in [1.29, 1.82) is 0 Å². The minimum absolute atomic E-state index is 0. The smallest absolute Gasteiger partial charge is 0 e. The average Bonchev–Trinajstić information content (AvgIpc) is 3.77. The van der Waals surface area contributed by atoms with E-state index in [2.05, 4.69) is 150 Å². The Morgan fingerprint density at radius 3 is 1.57 bits per heavy atom. The van der Waals surface area contributed by atoms with Crippen molar-refractivity contribution in [2.24, 2.45) is 0 Å². The molecule has 0 saturated carbocycles. The van der Waals surface area contributed by atoms with Crippen LogP contribution in [0.1, 0.15) is 105 Å². The Balaban J connectivity index is 0.000000302. The number of nitrogens with one attached hydrogen (secondary N) is 3. The number of rotatable bonds is 2. The topological polar surface area (TPSA) is 107 Å². The summed E-state index contributed by atoms with van der Waals surface area (Å²) >= 11 is 5.30. The first-order valence-electron chi connectivity index (χ1n) is 19.4. The van der Waals surface area contributed by atoms with Gasteiger partial charge in [-0.2, -0.15) is 0 Å². The van der Waals surface area contributed by atoms with Gasteiger partial charge in [0.15, 0.2) is 0 Å². The molecule has 2 atom stereocenters. The first kappa shape index (κ1) is 51.4. The fourth-order valence-corrected chi connectivity index (χ4v) is 7.20. The number of aromatic amines is 2. The summed E-state index contributed by atoms with van der Waals surface area (Å²) in [6, 6.07) is 34.4. The number of fused-ring (bicyclic) bond motifs is 6. The normalized spacial score (nSPS) is 14.6. The van der Waals surface area contributed by atoms with Gasteiger partial charge in [-0.3, -0.25) is 14.4 Å². The van der Waals surface area contributed by atoms with E-state index in [1.54, 1.807) is 6.92 Å². The molecule has 0 aliphatic carbocycles. The molecule has 311 valence electrons. The molecule has 6 aromatic rings. The Morgan fingerprint density at radius 1 is 0.672 bits per heavy atom. The maximum Gasteiger partial charge on any atom is 0 e. The summed E-state index contributed by atoms with van der Waals surface area (Å²) in [7, 11) is 0. The molecule has 8 nitrogen and oxygen atoms in total. The molecular formula is C46H56I3N4O4V-. The molecule has 2 aliphatic rings. The van der Waals surface area contributed by atoms with Crippen molar-refractivity contribution in [3.05, 3.63) is 142 Å². The van der Waals surface area contributed by atoms with E-state index in [0.29, 0.717) is 13.3 Å². The van der Waals surface area contributed by atoms with E-state index in [1.807, 2.05) is 50.8 Å². The molecule has 0 spiro atoms. The van der Waals surface area contributed by atoms with Crippen LogP contribution in [0.25, 0.3) is 21.8 Å². The Morgan fingerprint density at radius 2 is 1.12 bits per heavy atom. The van der Waals surface area contributed by atoms with Crippen LogP contribution in [0.4, 0.5) is 0 Å². The predicted molar refractivity (Wildman–Crippen MR) is 249 cm³/mol. The van der Waals surface area contributed by atoms with Crippen molar-refractivity contribution in [3.8, 4) is 0 Å². The van der Waals surface area contributed by atoms with Crippen LogP contribution in [0.5, 0.6) is 0 Å². The SMILES string of the molecule is CC.CC.CC(=O)N1CCc2c([nH]c3ccc(C)cc23)C1c1ccccc1.CC(=O)OC(C)=O.Cc1ccc2[nH]c3c(c2c1)CCNC3c1ccccc1.I[I-]I.[V]. The number of hydrogen-bond acceptors (Lipinski definition) is 5. The average molecular weight is 1160 g/mol. The fraction of sp³-hybridized carbons (Fsp3) is 0.326. The number of halogens is 3. The number of hydrogen-bond donors (Lipinski definition) is 3. The molecule has 8 rings (SSSR count). The van der Waals surface area contributed by atoms with Crippen LogP contribution in [-0.2, 0) is 50.5 Å². The number of amides is 1. The van der Waals surface area contributed by atoms with E-state index in [1.165, 1.54) is 69.3 Å². The second-order valence-electron chi connectivity index (χ2n) is 13.1. The van der Waals surface area contributed by atoms with Gasteiger partial charge in [-0.15, -0.1) is 0 Å². The third kappa shape index (κ3) is 13.9. The molecule has 0 fully saturated rings. The van der Waals surface area contributed by atoms with Crippen LogP contribution in [0.2, 0.25) is 0 Å². The fourth-order valence-electron chi connectivity index (χ4n) is 7.20. The summed E-state index contributed by atoms with van der Waals surface area (Å²) in [5.74, 6) is -1.00. The van der Waals surface area contributed by atoms with Gasteiger partial charge in [-0.25, -0.2) is 0 Å². The first-order valence-corrected chi connectivity index (χ1v) is 32.0. The molecule has 12 heteroatoms. The van der Waals surface area contributed by atoms with Gasteiger partial charge >= 0.3 is 62.4 Å². The summed E-state index contributed by atoms with van der Waals surface area (Å²) in [5, 5.41) is 6.32. The zero-order valence-corrected chi connectivity index (χ0v) is 42.8. The molecule has 58 heavy (non-hydrogen) atoms. The van der Waals surface area contributed by atoms with Crippen LogP contribution in [0.15, 0.2) is 97.1 Å². The third-order valence-corrected chi connectivity index (χ3v) is 9.33. The summed E-state index contributed by atoms with van der Waals surface area (Å²) in [4.78, 5) is 41.0. The maximum atomic E-state index is 12.2. The number of benzene rings is 4. The predicted octanol–water partition coefficient (Wildman–Crippen LogP) is 8.60. The first-order chi connectivity index (χ1) is 27.5. The minimum Gasteiger partial charge on any atom is 0 e. The number of carbonyl (C=O) groups is 3. The third-order valence-electron chi connectivity index (χ3n) is 9.33. The van der Waals surface area contributed by atoms with Crippen molar-refractivity contribution in [3.63, 3.8) is 0 Å². The van der Waals surface area contributed by atoms with E-state index >= 15 is 0 Å².